The molecule has 98 valence electrons. The topological polar surface area (TPSA) is 80.3 Å². The van der Waals surface area contributed by atoms with Crippen molar-refractivity contribution in [3.63, 3.8) is 0 Å². The molecule has 0 radical (unpaired) electrons. The molecule has 0 aromatic carbocycles. The Kier molecular flexibility index (Phi) is 3.77. The Balaban J connectivity index is 0.00000256. The first-order chi connectivity index (χ1) is 6.71. The number of alkyl halides is 6. The van der Waals surface area contributed by atoms with E-state index in [4.69, 9.17) is 0 Å². The Bertz CT molecular complexity index is 479. The Hall–Kier alpha value is 0.0374. The van der Waals surface area contributed by atoms with E-state index in [2.05, 4.69) is 0 Å². The molecule has 1 aliphatic rings. The van der Waals surface area contributed by atoms with Crippen LogP contribution in [0.3, 0.4) is 0 Å². The fraction of sp³-hybridized carbons (Fsp3) is 1.00. The molecule has 0 aromatic heterocycles. The van der Waals surface area contributed by atoms with E-state index in [0.717, 1.165) is 0 Å². The third-order valence-corrected chi connectivity index (χ3v) is 5.24. The molecule has 17 heavy (non-hydrogen) atoms. The molecule has 1 rings (SSSR count). The van der Waals surface area contributed by atoms with Crippen molar-refractivity contribution < 1.29 is 43.2 Å². The average molecular weight is 301 g/mol. The van der Waals surface area contributed by atoms with E-state index in [-0.39, 0.29) is 23.0 Å². The van der Waals surface area contributed by atoms with Gasteiger partial charge in [-0.1, -0.05) is 4.13 Å². The molecule has 0 spiro atoms. The summed E-state index contributed by atoms with van der Waals surface area (Å²) in [4.78, 5) is 0. The fourth-order valence-electron chi connectivity index (χ4n) is 0.756. The zero-order valence-electron chi connectivity index (χ0n) is 6.72. The van der Waals surface area contributed by atoms with Gasteiger partial charge in [0.05, 0.1) is 0 Å². The molecule has 1 fully saturated rings. The van der Waals surface area contributed by atoms with Crippen molar-refractivity contribution in [2.75, 3.05) is 0 Å². The third-order valence-electron chi connectivity index (χ3n) is 1.63. The molecule has 1 N–H and O–H groups in total. The average Bonchev–Trinajstić information content (AvgIpc) is 1.98. The van der Waals surface area contributed by atoms with Crippen LogP contribution in [0.25, 0.3) is 0 Å². The Labute approximate surface area is 103 Å². The molecule has 1 heterocycles. The molecule has 0 saturated carbocycles. The predicted molar refractivity (Wildman–Crippen MR) is 43.0 cm³/mol. The van der Waals surface area contributed by atoms with Crippen molar-refractivity contribution in [2.45, 2.75) is 16.4 Å². The van der Waals surface area contributed by atoms with Gasteiger partial charge in [-0.2, -0.15) is 26.3 Å². The van der Waals surface area contributed by atoms with Crippen LogP contribution in [0.4, 0.5) is 26.3 Å². The van der Waals surface area contributed by atoms with E-state index >= 15 is 0 Å². The molecule has 1 saturated heterocycles. The van der Waals surface area contributed by atoms with Gasteiger partial charge in [-0.3, -0.25) is 0 Å². The molecule has 14 heteroatoms. The minimum absolute atomic E-state index is 0. The van der Waals surface area contributed by atoms with E-state index in [9.17, 15) is 43.2 Å². The number of sulfonamides is 2. The molecule has 1 aliphatic heterocycles. The maximum absolute atomic E-state index is 12.5. The first-order valence-corrected chi connectivity index (χ1v) is 6.08. The van der Waals surface area contributed by atoms with Gasteiger partial charge in [0, 0.05) is 0 Å². The molecule has 0 atom stereocenters. The zero-order valence-corrected chi connectivity index (χ0v) is 8.35. The van der Waals surface area contributed by atoms with Gasteiger partial charge in [0.1, 0.15) is 0 Å². The van der Waals surface area contributed by atoms with Crippen LogP contribution < -0.4 is 4.13 Å². The van der Waals surface area contributed by atoms with Crippen LogP contribution in [0.2, 0.25) is 0 Å². The monoisotopic (exact) mass is 301 g/mol. The maximum atomic E-state index is 12.5. The quantitative estimate of drug-likeness (QED) is 0.479. The summed E-state index contributed by atoms with van der Waals surface area (Å²) in [5.41, 5.74) is 0. The Morgan fingerprint density at radius 2 is 0.941 bits per heavy atom. The van der Waals surface area contributed by atoms with Crippen LogP contribution in [0.15, 0.2) is 0 Å². The summed E-state index contributed by atoms with van der Waals surface area (Å²) >= 11 is 0. The summed E-state index contributed by atoms with van der Waals surface area (Å²) in [6.45, 7) is 0. The Morgan fingerprint density at radius 3 is 1.18 bits per heavy atom. The number of hydrogen-bond acceptors (Lipinski definition) is 4. The molecule has 5 nitrogen and oxygen atoms in total. The zero-order chi connectivity index (χ0) is 13.2. The number of nitrogens with one attached hydrogen (secondary N) is 1. The summed E-state index contributed by atoms with van der Waals surface area (Å²) in [5.74, 6) is -6.57. The molecule has 0 unspecified atom stereocenters. The van der Waals surface area contributed by atoms with Crippen LogP contribution >= 0.6 is 0 Å². The molecular weight excluding hydrogens is 299 g/mol. The molecule has 0 aliphatic carbocycles. The van der Waals surface area contributed by atoms with Gasteiger partial charge >= 0.3 is 35.3 Å². The summed E-state index contributed by atoms with van der Waals surface area (Å²) in [6, 6.07) is 0. The molecular formula is C3H2F6LiNO4S2. The van der Waals surface area contributed by atoms with Crippen molar-refractivity contribution in [3.05, 3.63) is 0 Å². The van der Waals surface area contributed by atoms with Gasteiger partial charge in [-0.05, 0) is 0 Å². The summed E-state index contributed by atoms with van der Waals surface area (Å²) in [6.07, 6.45) is 0. The van der Waals surface area contributed by atoms with Gasteiger partial charge in [0.2, 0.25) is 0 Å². The van der Waals surface area contributed by atoms with E-state index in [1.54, 1.807) is 0 Å². The van der Waals surface area contributed by atoms with Gasteiger partial charge in [-0.15, -0.1) is 0 Å². The SMILES string of the molecule is O=S1(=O)NS(=O)(=O)C(F)(F)C(F)(F)C1(F)F.[LiH]. The van der Waals surface area contributed by atoms with Crippen molar-refractivity contribution in [1.82, 2.24) is 4.13 Å². The van der Waals surface area contributed by atoms with Crippen molar-refractivity contribution >= 4 is 38.9 Å². The van der Waals surface area contributed by atoms with Gasteiger partial charge in [-0.25, -0.2) is 16.8 Å². The first kappa shape index (κ1) is 17.0. The van der Waals surface area contributed by atoms with Crippen molar-refractivity contribution in [2.24, 2.45) is 0 Å². The summed E-state index contributed by atoms with van der Waals surface area (Å²) < 4.78 is 116. The van der Waals surface area contributed by atoms with Crippen molar-refractivity contribution in [1.29, 1.82) is 0 Å². The molecule has 0 amide bonds. The van der Waals surface area contributed by atoms with Crippen LogP contribution in [-0.2, 0) is 20.0 Å². The van der Waals surface area contributed by atoms with Crippen LogP contribution in [0.1, 0.15) is 0 Å². The van der Waals surface area contributed by atoms with E-state index in [1.165, 1.54) is 0 Å². The fourth-order valence-corrected chi connectivity index (χ4v) is 3.74. The van der Waals surface area contributed by atoms with Crippen LogP contribution in [0, 0.1) is 0 Å². The summed E-state index contributed by atoms with van der Waals surface area (Å²) in [7, 11) is -12.9. The Morgan fingerprint density at radius 1 is 0.706 bits per heavy atom. The predicted octanol–water partition coefficient (Wildman–Crippen LogP) is -0.578. The molecule has 0 aromatic rings. The molecule has 0 bridgehead atoms. The van der Waals surface area contributed by atoms with E-state index < -0.39 is 36.5 Å². The van der Waals surface area contributed by atoms with Crippen LogP contribution in [0.5, 0.6) is 0 Å². The van der Waals surface area contributed by atoms with Gasteiger partial charge in [0.15, 0.2) is 0 Å². The standard InChI is InChI=1S/C3HF6NO4S2.Li.H/c4-1(5)2(6,7)15(11,12)10-16(13,14)3(1,8)9;;/h10H;;. The first-order valence-electron chi connectivity index (χ1n) is 3.12. The van der Waals surface area contributed by atoms with Crippen LogP contribution in [-0.4, -0.2) is 52.1 Å². The second-order valence-corrected chi connectivity index (χ2v) is 6.40. The third kappa shape index (κ3) is 1.79. The normalized spacial score (nSPS) is 31.2. The number of hydrogen-bond donors (Lipinski definition) is 1. The van der Waals surface area contributed by atoms with E-state index in [0.29, 0.717) is 0 Å². The van der Waals surface area contributed by atoms with Gasteiger partial charge in [0.25, 0.3) is 20.0 Å². The van der Waals surface area contributed by atoms with Gasteiger partial charge < -0.3 is 0 Å². The second-order valence-electron chi connectivity index (χ2n) is 2.70. The summed E-state index contributed by atoms with van der Waals surface area (Å²) in [5, 5.41) is -12.5. The minimum atomic E-state index is -6.57. The number of rotatable bonds is 0. The second kappa shape index (κ2) is 3.76. The van der Waals surface area contributed by atoms with Crippen molar-refractivity contribution in [3.8, 4) is 0 Å². The number of halogens is 6. The van der Waals surface area contributed by atoms with E-state index in [1.807, 2.05) is 0 Å².